The zero-order valence-electron chi connectivity index (χ0n) is 15.8. The summed E-state index contributed by atoms with van der Waals surface area (Å²) < 4.78 is 0. The number of piperidine rings is 1. The Morgan fingerprint density at radius 2 is 1.62 bits per heavy atom. The highest BCUT2D eigenvalue weighted by Gasteiger charge is 2.10. The molecule has 0 bridgehead atoms. The summed E-state index contributed by atoms with van der Waals surface area (Å²) in [6.07, 6.45) is 3.98. The van der Waals surface area contributed by atoms with Gasteiger partial charge >= 0.3 is 0 Å². The smallest absolute Gasteiger partial charge is 0.171 e. The normalized spacial score (nSPS) is 14.3. The first kappa shape index (κ1) is 18.7. The second-order valence-electron chi connectivity index (χ2n) is 7.30. The van der Waals surface area contributed by atoms with E-state index in [0.29, 0.717) is 11.0 Å². The minimum Gasteiger partial charge on any atom is -0.372 e. The van der Waals surface area contributed by atoms with Crippen molar-refractivity contribution in [1.82, 2.24) is 5.32 Å². The van der Waals surface area contributed by atoms with Gasteiger partial charge in [0.2, 0.25) is 0 Å². The summed E-state index contributed by atoms with van der Waals surface area (Å²) >= 11 is 5.42. The first-order chi connectivity index (χ1) is 12.6. The number of hydrogen-bond acceptors (Lipinski definition) is 2. The molecule has 0 saturated carbocycles. The van der Waals surface area contributed by atoms with Gasteiger partial charge in [0.1, 0.15) is 0 Å². The molecule has 3 rings (SSSR count). The number of anilines is 2. The molecule has 1 saturated heterocycles. The van der Waals surface area contributed by atoms with Crippen LogP contribution in [-0.4, -0.2) is 18.2 Å². The molecule has 4 heteroatoms. The number of thiocarbonyl (C=S) groups is 1. The zero-order chi connectivity index (χ0) is 18.4. The number of rotatable bonds is 5. The van der Waals surface area contributed by atoms with Gasteiger partial charge in [0.05, 0.1) is 0 Å². The molecule has 3 nitrogen and oxygen atoms in total. The molecule has 2 N–H and O–H groups in total. The van der Waals surface area contributed by atoms with Gasteiger partial charge in [-0.2, -0.15) is 0 Å². The van der Waals surface area contributed by atoms with Crippen molar-refractivity contribution in [2.45, 2.75) is 45.6 Å². The van der Waals surface area contributed by atoms with Gasteiger partial charge in [-0.05, 0) is 72.8 Å². The van der Waals surface area contributed by atoms with Crippen LogP contribution in [0.1, 0.15) is 50.2 Å². The first-order valence-corrected chi connectivity index (χ1v) is 10.0. The molecular formula is C22H29N3S. The van der Waals surface area contributed by atoms with Crippen LogP contribution in [0.5, 0.6) is 0 Å². The number of nitrogens with one attached hydrogen (secondary N) is 2. The molecule has 0 spiro atoms. The van der Waals surface area contributed by atoms with E-state index < -0.39 is 0 Å². The van der Waals surface area contributed by atoms with E-state index in [1.807, 2.05) is 0 Å². The molecule has 0 aromatic heterocycles. The summed E-state index contributed by atoms with van der Waals surface area (Å²) in [5.74, 6) is 0.544. The maximum atomic E-state index is 5.42. The van der Waals surface area contributed by atoms with Gasteiger partial charge < -0.3 is 15.5 Å². The van der Waals surface area contributed by atoms with Crippen LogP contribution in [0.2, 0.25) is 0 Å². The Kier molecular flexibility index (Phi) is 6.51. The lowest BCUT2D eigenvalue weighted by molar-refractivity contribution is 0.578. The van der Waals surface area contributed by atoms with Crippen molar-refractivity contribution in [3.63, 3.8) is 0 Å². The van der Waals surface area contributed by atoms with Gasteiger partial charge in [-0.1, -0.05) is 38.1 Å². The maximum absolute atomic E-state index is 5.42. The third-order valence-electron chi connectivity index (χ3n) is 4.95. The van der Waals surface area contributed by atoms with Crippen LogP contribution < -0.4 is 15.5 Å². The van der Waals surface area contributed by atoms with E-state index in [4.69, 9.17) is 12.2 Å². The standard InChI is InChI=1S/C22H29N3S/c1-17(2)19-8-10-20(11-9-19)24-22(26)23-16-18-6-12-21(13-7-18)25-14-4-3-5-15-25/h6-13,17H,3-5,14-16H2,1-2H3,(H2,23,24,26). The van der Waals surface area contributed by atoms with Gasteiger partial charge in [-0.15, -0.1) is 0 Å². The van der Waals surface area contributed by atoms with Gasteiger partial charge in [-0.3, -0.25) is 0 Å². The van der Waals surface area contributed by atoms with E-state index in [0.717, 1.165) is 12.2 Å². The predicted molar refractivity (Wildman–Crippen MR) is 116 cm³/mol. The summed E-state index contributed by atoms with van der Waals surface area (Å²) in [6.45, 7) is 7.49. The Morgan fingerprint density at radius 3 is 2.23 bits per heavy atom. The number of nitrogens with zero attached hydrogens (tertiary/aromatic N) is 1. The molecular weight excluding hydrogens is 338 g/mol. The second-order valence-corrected chi connectivity index (χ2v) is 7.71. The zero-order valence-corrected chi connectivity index (χ0v) is 16.6. The summed E-state index contributed by atoms with van der Waals surface area (Å²) in [7, 11) is 0. The fourth-order valence-corrected chi connectivity index (χ4v) is 3.48. The van der Waals surface area contributed by atoms with Crippen molar-refractivity contribution in [3.8, 4) is 0 Å². The molecule has 138 valence electrons. The molecule has 2 aromatic carbocycles. The van der Waals surface area contributed by atoms with Crippen LogP contribution in [0.25, 0.3) is 0 Å². The van der Waals surface area contributed by atoms with Crippen LogP contribution in [0.15, 0.2) is 48.5 Å². The SMILES string of the molecule is CC(C)c1ccc(NC(=S)NCc2ccc(N3CCCCC3)cc2)cc1. The molecule has 0 unspecified atom stereocenters. The third kappa shape index (κ3) is 5.21. The Morgan fingerprint density at radius 1 is 0.962 bits per heavy atom. The Bertz CT molecular complexity index is 701. The van der Waals surface area contributed by atoms with E-state index in [9.17, 15) is 0 Å². The van der Waals surface area contributed by atoms with E-state index in [-0.39, 0.29) is 0 Å². The molecule has 2 aromatic rings. The van der Waals surface area contributed by atoms with E-state index in [1.54, 1.807) is 0 Å². The van der Waals surface area contributed by atoms with Crippen molar-refractivity contribution < 1.29 is 0 Å². The van der Waals surface area contributed by atoms with Gasteiger partial charge in [0, 0.05) is 31.0 Å². The van der Waals surface area contributed by atoms with Crippen LogP contribution in [0.4, 0.5) is 11.4 Å². The molecule has 1 fully saturated rings. The van der Waals surface area contributed by atoms with Crippen molar-refractivity contribution in [2.24, 2.45) is 0 Å². The third-order valence-corrected chi connectivity index (χ3v) is 5.19. The van der Waals surface area contributed by atoms with Crippen LogP contribution in [-0.2, 0) is 6.54 Å². The lowest BCUT2D eigenvalue weighted by Crippen LogP contribution is -2.29. The highest BCUT2D eigenvalue weighted by Crippen LogP contribution is 2.20. The maximum Gasteiger partial charge on any atom is 0.171 e. The molecule has 0 atom stereocenters. The quantitative estimate of drug-likeness (QED) is 0.703. The van der Waals surface area contributed by atoms with E-state index >= 15 is 0 Å². The molecule has 1 aliphatic heterocycles. The average molecular weight is 368 g/mol. The van der Waals surface area contributed by atoms with Crippen molar-refractivity contribution in [3.05, 3.63) is 59.7 Å². The lowest BCUT2D eigenvalue weighted by atomic mass is 10.0. The van der Waals surface area contributed by atoms with Crippen molar-refractivity contribution in [1.29, 1.82) is 0 Å². The second kappa shape index (κ2) is 9.04. The predicted octanol–water partition coefficient (Wildman–Crippen LogP) is 5.29. The lowest BCUT2D eigenvalue weighted by Gasteiger charge is -2.28. The van der Waals surface area contributed by atoms with Crippen LogP contribution in [0, 0.1) is 0 Å². The Balaban J connectivity index is 1.48. The molecule has 1 heterocycles. The number of hydrogen-bond donors (Lipinski definition) is 2. The summed E-state index contributed by atoms with van der Waals surface area (Å²) in [4.78, 5) is 2.48. The molecule has 0 amide bonds. The number of benzene rings is 2. The highest BCUT2D eigenvalue weighted by atomic mass is 32.1. The average Bonchev–Trinajstić information content (AvgIpc) is 2.68. The van der Waals surface area contributed by atoms with Gasteiger partial charge in [-0.25, -0.2) is 0 Å². The van der Waals surface area contributed by atoms with Gasteiger partial charge in [0.25, 0.3) is 0 Å². The largest absolute Gasteiger partial charge is 0.372 e. The minimum atomic E-state index is 0.544. The molecule has 26 heavy (non-hydrogen) atoms. The van der Waals surface area contributed by atoms with E-state index in [2.05, 4.69) is 77.9 Å². The summed E-state index contributed by atoms with van der Waals surface area (Å²) in [5, 5.41) is 7.20. The van der Waals surface area contributed by atoms with Crippen LogP contribution in [0.3, 0.4) is 0 Å². The van der Waals surface area contributed by atoms with Crippen LogP contribution >= 0.6 is 12.2 Å². The molecule has 0 aliphatic carbocycles. The fourth-order valence-electron chi connectivity index (χ4n) is 3.29. The first-order valence-electron chi connectivity index (χ1n) is 9.60. The monoisotopic (exact) mass is 367 g/mol. The molecule has 1 aliphatic rings. The van der Waals surface area contributed by atoms with Crippen molar-refractivity contribution in [2.75, 3.05) is 23.3 Å². The van der Waals surface area contributed by atoms with E-state index in [1.165, 1.54) is 49.2 Å². The Labute approximate surface area is 162 Å². The summed E-state index contributed by atoms with van der Waals surface area (Å²) in [6, 6.07) is 17.3. The van der Waals surface area contributed by atoms with Crippen molar-refractivity contribution >= 4 is 28.7 Å². The minimum absolute atomic E-state index is 0.544. The fraction of sp³-hybridized carbons (Fsp3) is 0.409. The summed E-state index contributed by atoms with van der Waals surface area (Å²) in [5.41, 5.74) is 4.93. The highest BCUT2D eigenvalue weighted by molar-refractivity contribution is 7.80. The van der Waals surface area contributed by atoms with Gasteiger partial charge in [0.15, 0.2) is 5.11 Å². The molecule has 0 radical (unpaired) electrons. The topological polar surface area (TPSA) is 27.3 Å². The Hall–Kier alpha value is -2.07.